The third-order valence-electron chi connectivity index (χ3n) is 5.81. The molecule has 2 aromatic heterocycles. The Bertz CT molecular complexity index is 1670. The minimum absolute atomic E-state index is 0.0860. The monoisotopic (exact) mass is 547 g/mol. The van der Waals surface area contributed by atoms with Crippen molar-refractivity contribution in [3.8, 4) is 28.6 Å². The van der Waals surface area contributed by atoms with Gasteiger partial charge < -0.3 is 14.5 Å². The van der Waals surface area contributed by atoms with Gasteiger partial charge in [0.2, 0.25) is 5.88 Å². The molecule has 0 aliphatic carbocycles. The van der Waals surface area contributed by atoms with E-state index in [4.69, 9.17) is 9.47 Å². The first kappa shape index (κ1) is 27.6. The van der Waals surface area contributed by atoms with Gasteiger partial charge in [-0.1, -0.05) is 36.8 Å². The average molecular weight is 548 g/mol. The van der Waals surface area contributed by atoms with Crippen molar-refractivity contribution in [1.29, 1.82) is 0 Å². The number of aromatic nitrogens is 2. The lowest BCUT2D eigenvalue weighted by Crippen LogP contribution is -2.34. The number of amides is 1. The normalized spacial score (nSPS) is 11.2. The van der Waals surface area contributed by atoms with E-state index in [9.17, 15) is 18.0 Å². The highest BCUT2D eigenvalue weighted by Crippen LogP contribution is 2.33. The number of benzene rings is 2. The summed E-state index contributed by atoms with van der Waals surface area (Å²) in [6, 6.07) is 16.7. The molecule has 9 nitrogen and oxygen atoms in total. The van der Waals surface area contributed by atoms with Gasteiger partial charge in [0.1, 0.15) is 17.1 Å². The van der Waals surface area contributed by atoms with Crippen LogP contribution in [0.4, 0.5) is 0 Å². The molecule has 0 radical (unpaired) electrons. The maximum absolute atomic E-state index is 13.3. The number of carbonyl (C=O) groups excluding carboxylic acids is 1. The second-order valence-electron chi connectivity index (χ2n) is 9.05. The molecule has 39 heavy (non-hydrogen) atoms. The molecule has 202 valence electrons. The van der Waals surface area contributed by atoms with Crippen molar-refractivity contribution in [3.05, 3.63) is 99.5 Å². The van der Waals surface area contributed by atoms with Gasteiger partial charge in [-0.3, -0.25) is 9.59 Å². The molecule has 10 heteroatoms. The summed E-state index contributed by atoms with van der Waals surface area (Å²) in [5.41, 5.74) is 2.94. The van der Waals surface area contributed by atoms with Crippen molar-refractivity contribution in [2.45, 2.75) is 39.0 Å². The van der Waals surface area contributed by atoms with E-state index >= 15 is 0 Å². The molecular weight excluding hydrogens is 518 g/mol. The number of aromatic amines is 1. The molecule has 0 spiro atoms. The van der Waals surface area contributed by atoms with Gasteiger partial charge in [0.25, 0.3) is 21.5 Å². The topological polar surface area (TPSA) is 127 Å². The summed E-state index contributed by atoms with van der Waals surface area (Å²) in [6.07, 6.45) is 2.16. The summed E-state index contributed by atoms with van der Waals surface area (Å²) in [5, 5.41) is 0. The predicted molar refractivity (Wildman–Crippen MR) is 148 cm³/mol. The molecule has 4 rings (SSSR count). The molecule has 2 heterocycles. The highest BCUT2D eigenvalue weighted by atomic mass is 32.2. The quantitative estimate of drug-likeness (QED) is 0.300. The molecule has 4 aromatic rings. The van der Waals surface area contributed by atoms with E-state index in [1.54, 1.807) is 6.07 Å². The summed E-state index contributed by atoms with van der Waals surface area (Å²) >= 11 is 0. The van der Waals surface area contributed by atoms with Gasteiger partial charge in [0, 0.05) is 11.8 Å². The minimum atomic E-state index is -4.47. The highest BCUT2D eigenvalue weighted by molar-refractivity contribution is 7.90. The number of nitrogens with one attached hydrogen (secondary N) is 2. The van der Waals surface area contributed by atoms with Crippen LogP contribution in [0.15, 0.2) is 76.6 Å². The molecule has 0 unspecified atom stereocenters. The summed E-state index contributed by atoms with van der Waals surface area (Å²) in [7, 11) is -4.47. The summed E-state index contributed by atoms with van der Waals surface area (Å²) in [5.74, 6) is 0.0957. The van der Waals surface area contributed by atoms with Crippen molar-refractivity contribution in [2.24, 2.45) is 0 Å². The van der Waals surface area contributed by atoms with E-state index in [1.165, 1.54) is 18.3 Å². The van der Waals surface area contributed by atoms with Crippen molar-refractivity contribution >= 4 is 15.9 Å². The molecule has 0 aliphatic heterocycles. The minimum Gasteiger partial charge on any atom is -0.494 e. The molecule has 0 aliphatic rings. The van der Waals surface area contributed by atoms with Gasteiger partial charge in [-0.2, -0.15) is 0 Å². The Kier molecular flexibility index (Phi) is 8.15. The van der Waals surface area contributed by atoms with E-state index in [2.05, 4.69) is 9.97 Å². The zero-order valence-electron chi connectivity index (χ0n) is 22.1. The Morgan fingerprint density at radius 3 is 2.44 bits per heavy atom. The Balaban J connectivity index is 1.78. The number of rotatable bonds is 9. The SMILES string of the molecule is CCCOc1cccc(-c2ccc(C(=O)NS(=O)(=O)c3ccc[nH]c3=O)c(Oc3c(C)cc(C)cc3C)n2)c1. The van der Waals surface area contributed by atoms with Crippen LogP contribution in [0.3, 0.4) is 0 Å². The lowest BCUT2D eigenvalue weighted by molar-refractivity contribution is 0.0978. The fourth-order valence-corrected chi connectivity index (χ4v) is 5.12. The van der Waals surface area contributed by atoms with Crippen LogP contribution in [-0.2, 0) is 10.0 Å². The van der Waals surface area contributed by atoms with E-state index in [-0.39, 0.29) is 11.4 Å². The molecule has 0 saturated carbocycles. The highest BCUT2D eigenvalue weighted by Gasteiger charge is 2.25. The maximum atomic E-state index is 13.3. The molecular formula is C29H29N3O6S. The molecule has 0 saturated heterocycles. The summed E-state index contributed by atoms with van der Waals surface area (Å²) < 4.78 is 39.6. The molecule has 0 atom stereocenters. The van der Waals surface area contributed by atoms with Crippen LogP contribution < -0.4 is 19.8 Å². The molecule has 2 aromatic carbocycles. The number of pyridine rings is 2. The van der Waals surface area contributed by atoms with Crippen LogP contribution in [0.25, 0.3) is 11.3 Å². The number of sulfonamides is 1. The van der Waals surface area contributed by atoms with Crippen molar-refractivity contribution in [2.75, 3.05) is 6.61 Å². The van der Waals surface area contributed by atoms with Gasteiger partial charge in [-0.05, 0) is 74.7 Å². The van der Waals surface area contributed by atoms with E-state index in [0.717, 1.165) is 34.7 Å². The third kappa shape index (κ3) is 6.35. The standard InChI is InChI=1S/C29H29N3O6S/c1-5-14-37-22-9-6-8-21(17-22)24-12-11-23(27(33)32-39(35,36)25-10-7-13-30-28(25)34)29(31-24)38-26-19(3)15-18(2)16-20(26)4/h6-13,15-17H,5,14H2,1-4H3,(H,30,34)(H,32,33). The van der Waals surface area contributed by atoms with E-state index < -0.39 is 26.4 Å². The average Bonchev–Trinajstić information content (AvgIpc) is 2.89. The Morgan fingerprint density at radius 2 is 1.74 bits per heavy atom. The van der Waals surface area contributed by atoms with Crippen molar-refractivity contribution in [3.63, 3.8) is 0 Å². The van der Waals surface area contributed by atoms with Gasteiger partial charge in [0.15, 0.2) is 4.90 Å². The first-order valence-corrected chi connectivity index (χ1v) is 13.8. The van der Waals surface area contributed by atoms with Crippen LogP contribution in [0.5, 0.6) is 17.4 Å². The Labute approximate surface area is 226 Å². The van der Waals surface area contributed by atoms with E-state index in [0.29, 0.717) is 23.8 Å². The second-order valence-corrected chi connectivity index (χ2v) is 10.7. The first-order valence-electron chi connectivity index (χ1n) is 12.3. The van der Waals surface area contributed by atoms with Crippen molar-refractivity contribution < 1.29 is 22.7 Å². The smallest absolute Gasteiger partial charge is 0.270 e. The second kappa shape index (κ2) is 11.5. The molecule has 1 amide bonds. The summed E-state index contributed by atoms with van der Waals surface area (Å²) in [6.45, 7) is 8.29. The van der Waals surface area contributed by atoms with Gasteiger partial charge in [-0.15, -0.1) is 0 Å². The summed E-state index contributed by atoms with van der Waals surface area (Å²) in [4.78, 5) is 31.6. The number of ether oxygens (including phenoxy) is 2. The first-order chi connectivity index (χ1) is 18.6. The number of aryl methyl sites for hydroxylation is 3. The van der Waals surface area contributed by atoms with E-state index in [1.807, 2.05) is 68.8 Å². The number of nitrogens with zero attached hydrogens (tertiary/aromatic N) is 1. The fourth-order valence-electron chi connectivity index (χ4n) is 4.09. The zero-order chi connectivity index (χ0) is 28.2. The zero-order valence-corrected chi connectivity index (χ0v) is 22.9. The van der Waals surface area contributed by atoms with Crippen LogP contribution in [0, 0.1) is 20.8 Å². The molecule has 2 N–H and O–H groups in total. The number of hydrogen-bond acceptors (Lipinski definition) is 7. The molecule has 0 bridgehead atoms. The molecule has 0 fully saturated rings. The van der Waals surface area contributed by atoms with Gasteiger partial charge >= 0.3 is 0 Å². The number of carbonyl (C=O) groups is 1. The lowest BCUT2D eigenvalue weighted by atomic mass is 10.1. The van der Waals surface area contributed by atoms with Crippen LogP contribution in [-0.4, -0.2) is 30.9 Å². The van der Waals surface area contributed by atoms with Crippen LogP contribution in [0.1, 0.15) is 40.4 Å². The third-order valence-corrected chi connectivity index (χ3v) is 7.16. The van der Waals surface area contributed by atoms with Crippen LogP contribution >= 0.6 is 0 Å². The van der Waals surface area contributed by atoms with Crippen LogP contribution in [0.2, 0.25) is 0 Å². The largest absolute Gasteiger partial charge is 0.494 e. The Morgan fingerprint density at radius 1 is 1.00 bits per heavy atom. The lowest BCUT2D eigenvalue weighted by Gasteiger charge is -2.16. The number of hydrogen-bond donors (Lipinski definition) is 2. The van der Waals surface area contributed by atoms with Gasteiger partial charge in [0.05, 0.1) is 12.3 Å². The maximum Gasteiger partial charge on any atom is 0.270 e. The fraction of sp³-hybridized carbons (Fsp3) is 0.207. The predicted octanol–water partition coefficient (Wildman–Crippen LogP) is 5.06. The van der Waals surface area contributed by atoms with Gasteiger partial charge in [-0.25, -0.2) is 18.1 Å². The number of H-pyrrole nitrogens is 1. The Hall–Kier alpha value is -4.44. The van der Waals surface area contributed by atoms with Crippen molar-refractivity contribution in [1.82, 2.24) is 14.7 Å².